The van der Waals surface area contributed by atoms with E-state index in [2.05, 4.69) is 43.2 Å². The van der Waals surface area contributed by atoms with E-state index in [1.54, 1.807) is 0 Å². The maximum absolute atomic E-state index is 13.2. The lowest BCUT2D eigenvalue weighted by Gasteiger charge is -2.34. The van der Waals surface area contributed by atoms with Gasteiger partial charge in [0.1, 0.15) is 5.69 Å². The summed E-state index contributed by atoms with van der Waals surface area (Å²) < 4.78 is 33.2. The minimum atomic E-state index is -5.08. The Kier molecular flexibility index (Phi) is 9.03. The highest BCUT2D eigenvalue weighted by Crippen LogP contribution is 2.33. The molecule has 0 unspecified atom stereocenters. The molecule has 2 aromatic heterocycles. The lowest BCUT2D eigenvalue weighted by Crippen LogP contribution is -2.44. The zero-order chi connectivity index (χ0) is 29.7. The predicted molar refractivity (Wildman–Crippen MR) is 151 cm³/mol. The van der Waals surface area contributed by atoms with Crippen LogP contribution in [-0.4, -0.2) is 70.1 Å². The Morgan fingerprint density at radius 3 is 2.24 bits per heavy atom. The van der Waals surface area contributed by atoms with E-state index in [1.807, 2.05) is 62.4 Å². The highest BCUT2D eigenvalue weighted by Gasteiger charge is 2.38. The van der Waals surface area contributed by atoms with Crippen LogP contribution in [0, 0.1) is 13.8 Å². The number of thiazole rings is 1. The van der Waals surface area contributed by atoms with Gasteiger partial charge in [-0.05, 0) is 38.6 Å². The highest BCUT2D eigenvalue weighted by atomic mass is 32.1. The largest absolute Gasteiger partial charge is 0.490 e. The van der Waals surface area contributed by atoms with Crippen LogP contribution in [0.2, 0.25) is 0 Å². The van der Waals surface area contributed by atoms with Gasteiger partial charge in [-0.1, -0.05) is 53.8 Å². The summed E-state index contributed by atoms with van der Waals surface area (Å²) in [5.74, 6) is -2.76. The maximum atomic E-state index is 13.2. The van der Waals surface area contributed by atoms with Gasteiger partial charge in [-0.2, -0.15) is 17.9 Å². The van der Waals surface area contributed by atoms with Gasteiger partial charge in [0.25, 0.3) is 0 Å². The molecule has 3 heterocycles. The van der Waals surface area contributed by atoms with Gasteiger partial charge in [-0.15, -0.1) is 10.2 Å². The van der Waals surface area contributed by atoms with Crippen molar-refractivity contribution in [2.24, 2.45) is 10.2 Å². The molecule has 2 aromatic carbocycles. The molecule has 0 saturated carbocycles. The molecule has 0 spiro atoms. The molecule has 0 radical (unpaired) electrons. The number of H-pyrrole nitrogens is 1. The molecule has 41 heavy (non-hydrogen) atoms. The average molecular weight is 588 g/mol. The Balaban J connectivity index is 0.000000493. The molecular weight excluding hydrogens is 559 g/mol. The number of nitrogens with zero attached hydrogens (tertiary/aromatic N) is 6. The van der Waals surface area contributed by atoms with E-state index in [9.17, 15) is 18.0 Å². The zero-order valence-electron chi connectivity index (χ0n) is 22.5. The Labute approximate surface area is 237 Å². The first-order valence-corrected chi connectivity index (χ1v) is 13.4. The maximum Gasteiger partial charge on any atom is 0.490 e. The van der Waals surface area contributed by atoms with Crippen molar-refractivity contribution in [1.29, 1.82) is 0 Å². The molecule has 4 aromatic rings. The van der Waals surface area contributed by atoms with Crippen LogP contribution >= 0.6 is 11.3 Å². The second-order valence-electron chi connectivity index (χ2n) is 9.28. The number of aliphatic carboxylic acids is 1. The Bertz CT molecular complexity index is 1590. The molecule has 0 atom stereocenters. The molecule has 1 saturated heterocycles. The van der Waals surface area contributed by atoms with E-state index in [1.165, 1.54) is 16.0 Å². The average Bonchev–Trinajstić information content (AvgIpc) is 3.46. The summed E-state index contributed by atoms with van der Waals surface area (Å²) in [6, 6.07) is 18.0. The lowest BCUT2D eigenvalue weighted by molar-refractivity contribution is -0.192. The summed E-state index contributed by atoms with van der Waals surface area (Å²) >= 11 is 1.48. The van der Waals surface area contributed by atoms with Crippen molar-refractivity contribution in [3.63, 3.8) is 0 Å². The summed E-state index contributed by atoms with van der Waals surface area (Å²) in [6.07, 6.45) is -5.08. The fourth-order valence-electron chi connectivity index (χ4n) is 4.09. The summed E-state index contributed by atoms with van der Waals surface area (Å²) in [5, 5.41) is 19.7. The number of halogens is 3. The quantitative estimate of drug-likeness (QED) is 0.289. The SMILES string of the molecule is Cc1nc(-n2[nH]c(C)c(N=Nc3ccccc3N3CCN(C)CC3)c2=O)sc1-c1ccccc1.O=C(O)C(F)(F)F. The fourth-order valence-corrected chi connectivity index (χ4v) is 5.13. The molecule has 1 aliphatic heterocycles. The number of benzene rings is 2. The van der Waals surface area contributed by atoms with Crippen LogP contribution in [0.15, 0.2) is 69.6 Å². The molecule has 1 fully saturated rings. The van der Waals surface area contributed by atoms with Gasteiger partial charge in [0.05, 0.1) is 22.0 Å². The summed E-state index contributed by atoms with van der Waals surface area (Å²) in [7, 11) is 2.13. The molecule has 0 amide bonds. The van der Waals surface area contributed by atoms with Crippen LogP contribution in [0.25, 0.3) is 15.6 Å². The number of nitrogens with one attached hydrogen (secondary N) is 1. The van der Waals surface area contributed by atoms with Crippen LogP contribution in [0.4, 0.5) is 30.2 Å². The third kappa shape index (κ3) is 7.08. The molecule has 14 heteroatoms. The number of aromatic nitrogens is 3. The smallest absolute Gasteiger partial charge is 0.475 e. The number of hydrogen-bond acceptors (Lipinski definition) is 8. The van der Waals surface area contributed by atoms with Crippen LogP contribution < -0.4 is 10.5 Å². The number of hydrogen-bond donors (Lipinski definition) is 2. The second kappa shape index (κ2) is 12.5. The van der Waals surface area contributed by atoms with Crippen molar-refractivity contribution in [3.05, 3.63) is 76.3 Å². The van der Waals surface area contributed by atoms with Crippen molar-refractivity contribution < 1.29 is 23.1 Å². The second-order valence-corrected chi connectivity index (χ2v) is 10.3. The van der Waals surface area contributed by atoms with Crippen LogP contribution in [0.1, 0.15) is 11.4 Å². The number of aromatic amines is 1. The van der Waals surface area contributed by atoms with Crippen molar-refractivity contribution in [2.75, 3.05) is 38.1 Å². The number of likely N-dealkylation sites (N-methyl/N-ethyl adjacent to an activating group) is 1. The third-order valence-corrected chi connectivity index (χ3v) is 7.47. The van der Waals surface area contributed by atoms with Gasteiger partial charge in [0.2, 0.25) is 5.13 Å². The summed E-state index contributed by atoms with van der Waals surface area (Å²) in [6.45, 7) is 7.67. The topological polar surface area (TPSA) is 119 Å². The number of aryl methyl sites for hydroxylation is 2. The number of rotatable bonds is 5. The number of carboxylic acid groups (broad SMARTS) is 1. The van der Waals surface area contributed by atoms with E-state index in [0.29, 0.717) is 16.5 Å². The number of carboxylic acids is 1. The number of anilines is 1. The normalized spacial score (nSPS) is 14.2. The van der Waals surface area contributed by atoms with Crippen LogP contribution in [-0.2, 0) is 4.79 Å². The standard InChI is InChI=1S/C25H27N7OS.C2HF3O2/c1-17-22(28-27-20-11-7-8-12-21(20)31-15-13-30(3)14-16-31)24(33)32(29-17)25-26-18(2)23(34-25)19-9-5-4-6-10-19;3-2(4,5)1(6)7/h4-12,29H,13-16H2,1-3H3;(H,6,7). The van der Waals surface area contributed by atoms with Crippen molar-refractivity contribution in [1.82, 2.24) is 19.7 Å². The van der Waals surface area contributed by atoms with E-state index in [0.717, 1.165) is 53.7 Å². The summed E-state index contributed by atoms with van der Waals surface area (Å²) in [5.41, 5.74) is 4.45. The minimum absolute atomic E-state index is 0.258. The zero-order valence-corrected chi connectivity index (χ0v) is 23.3. The predicted octanol–water partition coefficient (Wildman–Crippen LogP) is 5.71. The van der Waals surface area contributed by atoms with Gasteiger partial charge in [0.15, 0.2) is 5.69 Å². The van der Waals surface area contributed by atoms with Crippen molar-refractivity contribution in [3.8, 4) is 15.6 Å². The van der Waals surface area contributed by atoms with Gasteiger partial charge < -0.3 is 14.9 Å². The first-order chi connectivity index (χ1) is 19.5. The molecule has 5 rings (SSSR count). The third-order valence-electron chi connectivity index (χ3n) is 6.28. The monoisotopic (exact) mass is 587 g/mol. The van der Waals surface area contributed by atoms with E-state index >= 15 is 0 Å². The Morgan fingerprint density at radius 1 is 1.00 bits per heavy atom. The number of alkyl halides is 3. The number of azo groups is 1. The highest BCUT2D eigenvalue weighted by molar-refractivity contribution is 7.17. The van der Waals surface area contributed by atoms with E-state index in [-0.39, 0.29) is 5.56 Å². The molecule has 0 bridgehead atoms. The molecule has 1 aliphatic rings. The van der Waals surface area contributed by atoms with Gasteiger partial charge in [0, 0.05) is 26.2 Å². The molecule has 2 N–H and O–H groups in total. The molecular formula is C27H28F3N7O3S. The first-order valence-electron chi connectivity index (χ1n) is 12.5. The minimum Gasteiger partial charge on any atom is -0.475 e. The first kappa shape index (κ1) is 29.7. The van der Waals surface area contributed by atoms with Crippen LogP contribution in [0.3, 0.4) is 0 Å². The Morgan fingerprint density at radius 2 is 1.61 bits per heavy atom. The number of piperazine rings is 1. The van der Waals surface area contributed by atoms with Crippen molar-refractivity contribution in [2.45, 2.75) is 20.0 Å². The Hall–Kier alpha value is -4.30. The van der Waals surface area contributed by atoms with Crippen LogP contribution in [0.5, 0.6) is 0 Å². The van der Waals surface area contributed by atoms with E-state index < -0.39 is 12.1 Å². The number of carbonyl (C=O) groups is 1. The molecule has 216 valence electrons. The lowest BCUT2D eigenvalue weighted by atomic mass is 10.2. The van der Waals surface area contributed by atoms with Gasteiger partial charge in [-0.25, -0.2) is 9.78 Å². The van der Waals surface area contributed by atoms with Crippen molar-refractivity contribution >= 4 is 34.4 Å². The summed E-state index contributed by atoms with van der Waals surface area (Å²) in [4.78, 5) is 32.4. The number of para-hydroxylation sites is 1. The molecule has 0 aliphatic carbocycles. The fraction of sp³-hybridized carbons (Fsp3) is 0.296. The molecule has 10 nitrogen and oxygen atoms in total. The van der Waals surface area contributed by atoms with Gasteiger partial charge >= 0.3 is 17.7 Å². The van der Waals surface area contributed by atoms with E-state index in [4.69, 9.17) is 9.90 Å². The van der Waals surface area contributed by atoms with Gasteiger partial charge in [-0.3, -0.25) is 9.89 Å².